The Labute approximate surface area is 102 Å². The second-order valence-corrected chi connectivity index (χ2v) is 4.92. The van der Waals surface area contributed by atoms with Gasteiger partial charge in [0.15, 0.2) is 0 Å². The Balaban J connectivity index is 2.36. The van der Waals surface area contributed by atoms with E-state index in [0.29, 0.717) is 18.0 Å². The van der Waals surface area contributed by atoms with Crippen LogP contribution in [0.3, 0.4) is 0 Å². The number of nitrogens with one attached hydrogen (secondary N) is 1. The molecule has 1 atom stereocenters. The number of hydrogen-bond acceptors (Lipinski definition) is 1. The first kappa shape index (κ1) is 13.0. The van der Waals surface area contributed by atoms with Gasteiger partial charge >= 0.3 is 0 Å². The van der Waals surface area contributed by atoms with Crippen molar-refractivity contribution in [3.8, 4) is 0 Å². The van der Waals surface area contributed by atoms with Gasteiger partial charge in [0.1, 0.15) is 0 Å². The van der Waals surface area contributed by atoms with Gasteiger partial charge in [-0.15, -0.1) is 11.6 Å². The highest BCUT2D eigenvalue weighted by Crippen LogP contribution is 2.09. The molecule has 0 saturated heterocycles. The molecule has 1 amide bonds. The molecule has 0 bridgehead atoms. The zero-order valence-corrected chi connectivity index (χ0v) is 10.5. The number of rotatable bonds is 5. The van der Waals surface area contributed by atoms with Crippen molar-refractivity contribution in [2.24, 2.45) is 5.92 Å². The third-order valence-corrected chi connectivity index (χ3v) is 2.58. The van der Waals surface area contributed by atoms with Gasteiger partial charge in [0.25, 0.3) is 5.91 Å². The van der Waals surface area contributed by atoms with E-state index in [0.717, 1.165) is 6.42 Å². The van der Waals surface area contributed by atoms with Crippen LogP contribution in [0.15, 0.2) is 30.3 Å². The lowest BCUT2D eigenvalue weighted by molar-refractivity contribution is 0.0953. The highest BCUT2D eigenvalue weighted by molar-refractivity contribution is 6.20. The van der Waals surface area contributed by atoms with Gasteiger partial charge in [-0.05, 0) is 24.5 Å². The Hall–Kier alpha value is -1.02. The van der Waals surface area contributed by atoms with E-state index in [-0.39, 0.29) is 11.3 Å². The van der Waals surface area contributed by atoms with Crippen LogP contribution >= 0.6 is 11.6 Å². The first-order valence-corrected chi connectivity index (χ1v) is 6.00. The number of benzene rings is 1. The lowest BCUT2D eigenvalue weighted by Crippen LogP contribution is -2.30. The molecule has 0 heterocycles. The zero-order chi connectivity index (χ0) is 12.0. The molecule has 1 unspecified atom stereocenters. The molecule has 3 heteroatoms. The third kappa shape index (κ3) is 4.67. The minimum Gasteiger partial charge on any atom is -0.351 e. The van der Waals surface area contributed by atoms with Crippen LogP contribution < -0.4 is 5.32 Å². The average Bonchev–Trinajstić information content (AvgIpc) is 2.26. The summed E-state index contributed by atoms with van der Waals surface area (Å²) in [5.74, 6) is 0.492. The van der Waals surface area contributed by atoms with Crippen LogP contribution in [-0.2, 0) is 0 Å². The molecule has 0 spiro atoms. The van der Waals surface area contributed by atoms with E-state index < -0.39 is 0 Å². The van der Waals surface area contributed by atoms with Crippen molar-refractivity contribution < 1.29 is 4.79 Å². The molecule has 0 fully saturated rings. The van der Waals surface area contributed by atoms with E-state index in [9.17, 15) is 4.79 Å². The van der Waals surface area contributed by atoms with Crippen LogP contribution in [0, 0.1) is 5.92 Å². The highest BCUT2D eigenvalue weighted by Gasteiger charge is 2.10. The summed E-state index contributed by atoms with van der Waals surface area (Å²) in [6, 6.07) is 9.17. The standard InChI is InChI=1S/C13H18ClNO/c1-10(2)8-12(14)9-15-13(16)11-6-4-3-5-7-11/h3-7,10,12H,8-9H2,1-2H3,(H,15,16). The van der Waals surface area contributed by atoms with Crippen molar-refractivity contribution in [1.29, 1.82) is 0 Å². The van der Waals surface area contributed by atoms with Gasteiger partial charge in [0.05, 0.1) is 5.38 Å². The molecule has 0 saturated carbocycles. The normalized spacial score (nSPS) is 12.5. The lowest BCUT2D eigenvalue weighted by atomic mass is 10.1. The van der Waals surface area contributed by atoms with Crippen LogP contribution in [0.2, 0.25) is 0 Å². The highest BCUT2D eigenvalue weighted by atomic mass is 35.5. The summed E-state index contributed by atoms with van der Waals surface area (Å²) in [5.41, 5.74) is 0.677. The van der Waals surface area contributed by atoms with Crippen LogP contribution in [0.5, 0.6) is 0 Å². The summed E-state index contributed by atoms with van der Waals surface area (Å²) >= 11 is 6.09. The van der Waals surface area contributed by atoms with Crippen molar-refractivity contribution in [3.05, 3.63) is 35.9 Å². The molecule has 0 radical (unpaired) electrons. The van der Waals surface area contributed by atoms with Gasteiger partial charge in [0, 0.05) is 12.1 Å². The molecule has 1 aromatic rings. The quantitative estimate of drug-likeness (QED) is 0.787. The smallest absolute Gasteiger partial charge is 0.251 e. The molecule has 88 valence electrons. The summed E-state index contributed by atoms with van der Waals surface area (Å²) in [5, 5.41) is 2.84. The minimum absolute atomic E-state index is 0.00709. The van der Waals surface area contributed by atoms with Gasteiger partial charge in [-0.2, -0.15) is 0 Å². The maximum Gasteiger partial charge on any atom is 0.251 e. The zero-order valence-electron chi connectivity index (χ0n) is 9.74. The van der Waals surface area contributed by atoms with E-state index >= 15 is 0 Å². The van der Waals surface area contributed by atoms with Gasteiger partial charge < -0.3 is 5.32 Å². The summed E-state index contributed by atoms with van der Waals surface area (Å²) in [7, 11) is 0. The Morgan fingerprint density at radius 3 is 2.50 bits per heavy atom. The van der Waals surface area contributed by atoms with Crippen molar-refractivity contribution >= 4 is 17.5 Å². The second-order valence-electron chi connectivity index (χ2n) is 4.30. The Morgan fingerprint density at radius 2 is 1.94 bits per heavy atom. The van der Waals surface area contributed by atoms with Crippen LogP contribution in [0.4, 0.5) is 0 Å². The monoisotopic (exact) mass is 239 g/mol. The van der Waals surface area contributed by atoms with Crippen molar-refractivity contribution in [2.45, 2.75) is 25.6 Å². The van der Waals surface area contributed by atoms with Crippen LogP contribution in [0.25, 0.3) is 0 Å². The predicted molar refractivity (Wildman–Crippen MR) is 67.9 cm³/mol. The Kier molecular flexibility index (Phi) is 5.33. The van der Waals surface area contributed by atoms with Gasteiger partial charge in [-0.1, -0.05) is 32.0 Å². The first-order valence-electron chi connectivity index (χ1n) is 5.57. The SMILES string of the molecule is CC(C)CC(Cl)CNC(=O)c1ccccc1. The summed E-state index contributed by atoms with van der Waals surface area (Å²) < 4.78 is 0. The molecule has 0 aliphatic rings. The van der Waals surface area contributed by atoms with E-state index in [1.807, 2.05) is 18.2 Å². The van der Waals surface area contributed by atoms with Gasteiger partial charge in [-0.3, -0.25) is 4.79 Å². The van der Waals surface area contributed by atoms with Crippen molar-refractivity contribution in [3.63, 3.8) is 0 Å². The van der Waals surface area contributed by atoms with Gasteiger partial charge in [0.2, 0.25) is 0 Å². The Bertz CT molecular complexity index is 324. The number of carbonyl (C=O) groups excluding carboxylic acids is 1. The van der Waals surface area contributed by atoms with E-state index in [2.05, 4.69) is 19.2 Å². The van der Waals surface area contributed by atoms with Crippen LogP contribution in [0.1, 0.15) is 30.6 Å². The fourth-order valence-electron chi connectivity index (χ4n) is 1.49. The summed E-state index contributed by atoms with van der Waals surface area (Å²) in [6.07, 6.45) is 0.913. The number of alkyl halides is 1. The number of halogens is 1. The van der Waals surface area contributed by atoms with E-state index in [4.69, 9.17) is 11.6 Å². The van der Waals surface area contributed by atoms with E-state index in [1.165, 1.54) is 0 Å². The average molecular weight is 240 g/mol. The molecule has 0 aliphatic heterocycles. The molecule has 16 heavy (non-hydrogen) atoms. The Morgan fingerprint density at radius 1 is 1.31 bits per heavy atom. The lowest BCUT2D eigenvalue weighted by Gasteiger charge is -2.12. The van der Waals surface area contributed by atoms with Crippen molar-refractivity contribution in [2.75, 3.05) is 6.54 Å². The molecular formula is C13H18ClNO. The van der Waals surface area contributed by atoms with Crippen LogP contribution in [-0.4, -0.2) is 17.8 Å². The fourth-order valence-corrected chi connectivity index (χ4v) is 1.92. The second kappa shape index (κ2) is 6.54. The summed E-state index contributed by atoms with van der Waals surface area (Å²) in [6.45, 7) is 4.76. The number of hydrogen-bond donors (Lipinski definition) is 1. The van der Waals surface area contributed by atoms with Crippen molar-refractivity contribution in [1.82, 2.24) is 5.32 Å². The minimum atomic E-state index is -0.0602. The fraction of sp³-hybridized carbons (Fsp3) is 0.462. The molecule has 1 N–H and O–H groups in total. The largest absolute Gasteiger partial charge is 0.351 e. The molecule has 0 aliphatic carbocycles. The maximum absolute atomic E-state index is 11.7. The number of amides is 1. The topological polar surface area (TPSA) is 29.1 Å². The van der Waals surface area contributed by atoms with E-state index in [1.54, 1.807) is 12.1 Å². The predicted octanol–water partition coefficient (Wildman–Crippen LogP) is 3.07. The molecular weight excluding hydrogens is 222 g/mol. The third-order valence-electron chi connectivity index (χ3n) is 2.25. The first-order chi connectivity index (χ1) is 7.59. The summed E-state index contributed by atoms with van der Waals surface area (Å²) in [4.78, 5) is 11.7. The molecule has 1 aromatic carbocycles. The molecule has 0 aromatic heterocycles. The molecule has 2 nitrogen and oxygen atoms in total. The molecule has 1 rings (SSSR count). The maximum atomic E-state index is 11.7. The van der Waals surface area contributed by atoms with Gasteiger partial charge in [-0.25, -0.2) is 0 Å². The number of carbonyl (C=O) groups is 1.